The molecule has 3 heterocycles. The van der Waals surface area contributed by atoms with Gasteiger partial charge in [0.2, 0.25) is 0 Å². The summed E-state index contributed by atoms with van der Waals surface area (Å²) in [6.45, 7) is 2.45. The minimum atomic E-state index is 0.164. The highest BCUT2D eigenvalue weighted by molar-refractivity contribution is 6.30. The lowest BCUT2D eigenvalue weighted by Gasteiger charge is -2.28. The number of hydrogen-bond donors (Lipinski definition) is 3. The zero-order chi connectivity index (χ0) is 21.5. The monoisotopic (exact) mass is 416 g/mol. The Labute approximate surface area is 182 Å². The van der Waals surface area contributed by atoms with E-state index in [1.165, 1.54) is 24.9 Å². The second-order valence-corrected chi connectivity index (χ2v) is 8.50. The van der Waals surface area contributed by atoms with Gasteiger partial charge in [0.05, 0.1) is 23.2 Å². The standard InChI is InChI=1S/C24H28N6O/c1-28(2)16-6-8-17(9-7-16)30-15-21(31)22(23(30)25)24-26-19-11-10-18(14-20(19)27-24)29-12-4-3-5-13-29/h6-11,14,25,31H,3-5,12-13,15H2,1-2H3,(H,26,27). The smallest absolute Gasteiger partial charge is 0.145 e. The minimum absolute atomic E-state index is 0.164. The van der Waals surface area contributed by atoms with Crippen molar-refractivity contribution >= 4 is 39.5 Å². The van der Waals surface area contributed by atoms with Crippen molar-refractivity contribution in [3.05, 3.63) is 54.0 Å². The van der Waals surface area contributed by atoms with Crippen LogP contribution in [0.3, 0.4) is 0 Å². The number of piperidine rings is 1. The first-order valence-corrected chi connectivity index (χ1v) is 10.8. The van der Waals surface area contributed by atoms with Crippen LogP contribution in [0.4, 0.5) is 17.1 Å². The van der Waals surface area contributed by atoms with Crippen LogP contribution in [-0.4, -0.2) is 54.6 Å². The lowest BCUT2D eigenvalue weighted by Crippen LogP contribution is -2.29. The van der Waals surface area contributed by atoms with Gasteiger partial charge in [-0.2, -0.15) is 0 Å². The Morgan fingerprint density at radius 2 is 1.71 bits per heavy atom. The third-order valence-electron chi connectivity index (χ3n) is 6.20. The van der Waals surface area contributed by atoms with E-state index in [0.29, 0.717) is 11.4 Å². The van der Waals surface area contributed by atoms with Gasteiger partial charge in [0.1, 0.15) is 17.4 Å². The summed E-state index contributed by atoms with van der Waals surface area (Å²) in [6, 6.07) is 14.2. The van der Waals surface area contributed by atoms with Gasteiger partial charge < -0.3 is 24.8 Å². The highest BCUT2D eigenvalue weighted by Crippen LogP contribution is 2.32. The summed E-state index contributed by atoms with van der Waals surface area (Å²) in [4.78, 5) is 14.3. The van der Waals surface area contributed by atoms with Crippen molar-refractivity contribution in [3.8, 4) is 0 Å². The third-order valence-corrected chi connectivity index (χ3v) is 6.20. The van der Waals surface area contributed by atoms with Crippen LogP contribution in [0.5, 0.6) is 0 Å². The van der Waals surface area contributed by atoms with Gasteiger partial charge in [0.25, 0.3) is 0 Å². The Balaban J connectivity index is 1.42. The molecule has 0 saturated carbocycles. The topological polar surface area (TPSA) is 82.5 Å². The van der Waals surface area contributed by atoms with Gasteiger partial charge in [-0.25, -0.2) is 4.98 Å². The Hall–Kier alpha value is -3.48. The van der Waals surface area contributed by atoms with E-state index >= 15 is 0 Å². The highest BCUT2D eigenvalue weighted by atomic mass is 16.3. The lowest BCUT2D eigenvalue weighted by molar-refractivity contribution is 0.411. The average Bonchev–Trinajstić information content (AvgIpc) is 3.33. The van der Waals surface area contributed by atoms with Crippen molar-refractivity contribution in [2.45, 2.75) is 19.3 Å². The van der Waals surface area contributed by atoms with Gasteiger partial charge in [-0.1, -0.05) is 0 Å². The normalized spacial score (nSPS) is 17.2. The first-order chi connectivity index (χ1) is 15.0. The number of nitrogens with one attached hydrogen (secondary N) is 2. The van der Waals surface area contributed by atoms with Gasteiger partial charge in [-0.15, -0.1) is 0 Å². The SMILES string of the molecule is CN(C)c1ccc(N2CC(O)=C(c3nc4ccc(N5CCCCC5)cc4[nH]3)C2=N)cc1. The number of aromatic nitrogens is 2. The zero-order valence-corrected chi connectivity index (χ0v) is 18.0. The molecule has 2 aliphatic rings. The number of aliphatic hydroxyl groups excluding tert-OH is 1. The predicted molar refractivity (Wildman–Crippen MR) is 128 cm³/mol. The van der Waals surface area contributed by atoms with E-state index < -0.39 is 0 Å². The third kappa shape index (κ3) is 3.50. The van der Waals surface area contributed by atoms with Crippen molar-refractivity contribution in [2.75, 3.05) is 48.4 Å². The molecule has 3 N–H and O–H groups in total. The molecule has 7 heteroatoms. The van der Waals surface area contributed by atoms with Gasteiger partial charge in [0, 0.05) is 44.2 Å². The number of aromatic amines is 1. The van der Waals surface area contributed by atoms with E-state index in [9.17, 15) is 5.11 Å². The largest absolute Gasteiger partial charge is 0.509 e. The maximum Gasteiger partial charge on any atom is 0.145 e. The fourth-order valence-corrected chi connectivity index (χ4v) is 4.44. The molecule has 1 fully saturated rings. The molecule has 0 amide bonds. The summed E-state index contributed by atoms with van der Waals surface area (Å²) in [5.74, 6) is 0.961. The molecule has 1 saturated heterocycles. The van der Waals surface area contributed by atoms with E-state index in [4.69, 9.17) is 5.41 Å². The molecule has 1 aromatic heterocycles. The van der Waals surface area contributed by atoms with E-state index in [0.717, 1.165) is 35.5 Å². The van der Waals surface area contributed by atoms with Crippen LogP contribution in [-0.2, 0) is 0 Å². The van der Waals surface area contributed by atoms with Gasteiger partial charge in [-0.05, 0) is 61.7 Å². The summed E-state index contributed by atoms with van der Waals surface area (Å²) < 4.78 is 0. The van der Waals surface area contributed by atoms with Crippen molar-refractivity contribution in [1.82, 2.24) is 9.97 Å². The van der Waals surface area contributed by atoms with Gasteiger partial charge >= 0.3 is 0 Å². The average molecular weight is 417 g/mol. The number of imidazole rings is 1. The van der Waals surface area contributed by atoms with Crippen molar-refractivity contribution in [2.24, 2.45) is 0 Å². The molecule has 3 aromatic rings. The first-order valence-electron chi connectivity index (χ1n) is 10.8. The van der Waals surface area contributed by atoms with Crippen LogP contribution in [0.1, 0.15) is 25.1 Å². The van der Waals surface area contributed by atoms with E-state index in [2.05, 4.69) is 27.0 Å². The van der Waals surface area contributed by atoms with Crippen molar-refractivity contribution in [3.63, 3.8) is 0 Å². The molecule has 0 spiro atoms. The molecule has 0 unspecified atom stereocenters. The highest BCUT2D eigenvalue weighted by Gasteiger charge is 2.31. The molecule has 31 heavy (non-hydrogen) atoms. The quantitative estimate of drug-likeness (QED) is 0.588. The molecule has 7 nitrogen and oxygen atoms in total. The molecule has 2 aliphatic heterocycles. The van der Waals surface area contributed by atoms with Crippen LogP contribution >= 0.6 is 0 Å². The number of benzene rings is 2. The van der Waals surface area contributed by atoms with E-state index in [1.807, 2.05) is 49.3 Å². The summed E-state index contributed by atoms with van der Waals surface area (Å²) >= 11 is 0. The van der Waals surface area contributed by atoms with Gasteiger partial charge in [-0.3, -0.25) is 5.41 Å². The van der Waals surface area contributed by atoms with Crippen LogP contribution in [0, 0.1) is 5.41 Å². The number of aliphatic hydroxyl groups is 1. The number of rotatable bonds is 4. The Bertz CT molecular complexity index is 1150. The maximum atomic E-state index is 10.7. The second kappa shape index (κ2) is 7.65. The molecule has 0 radical (unpaired) electrons. The molecule has 0 atom stereocenters. The number of H-pyrrole nitrogens is 1. The number of hydrogen-bond acceptors (Lipinski definition) is 5. The lowest BCUT2D eigenvalue weighted by atomic mass is 10.1. The molecular formula is C24H28N6O. The predicted octanol–water partition coefficient (Wildman–Crippen LogP) is 4.39. The maximum absolute atomic E-state index is 10.7. The molecule has 5 rings (SSSR count). The fraction of sp³-hybridized carbons (Fsp3) is 0.333. The summed E-state index contributed by atoms with van der Waals surface area (Å²) in [5.41, 5.74) is 5.41. The Morgan fingerprint density at radius 1 is 1.00 bits per heavy atom. The molecule has 2 aromatic carbocycles. The fourth-order valence-electron chi connectivity index (χ4n) is 4.44. The van der Waals surface area contributed by atoms with Crippen LogP contribution in [0.15, 0.2) is 48.2 Å². The minimum Gasteiger partial charge on any atom is -0.509 e. The van der Waals surface area contributed by atoms with Gasteiger partial charge in [0.15, 0.2) is 0 Å². The second-order valence-electron chi connectivity index (χ2n) is 8.50. The number of fused-ring (bicyclic) bond motifs is 1. The zero-order valence-electron chi connectivity index (χ0n) is 18.0. The molecule has 160 valence electrons. The van der Waals surface area contributed by atoms with Crippen LogP contribution < -0.4 is 14.7 Å². The summed E-state index contributed by atoms with van der Waals surface area (Å²) in [7, 11) is 3.99. The van der Waals surface area contributed by atoms with E-state index in [1.54, 1.807) is 4.90 Å². The summed E-state index contributed by atoms with van der Waals surface area (Å²) in [5, 5.41) is 19.4. The number of anilines is 3. The van der Waals surface area contributed by atoms with Crippen molar-refractivity contribution in [1.29, 1.82) is 5.41 Å². The van der Waals surface area contributed by atoms with Crippen molar-refractivity contribution < 1.29 is 5.11 Å². The molecule has 0 bridgehead atoms. The van der Waals surface area contributed by atoms with E-state index in [-0.39, 0.29) is 18.1 Å². The Morgan fingerprint density at radius 3 is 2.42 bits per heavy atom. The molecular weight excluding hydrogens is 388 g/mol. The number of nitrogens with zero attached hydrogens (tertiary/aromatic N) is 4. The van der Waals surface area contributed by atoms with Crippen LogP contribution in [0.2, 0.25) is 0 Å². The summed E-state index contributed by atoms with van der Waals surface area (Å²) in [6.07, 6.45) is 3.77. The molecule has 0 aliphatic carbocycles. The first kappa shape index (κ1) is 19.5. The number of amidine groups is 1. The Kier molecular flexibility index (Phi) is 4.81. The van der Waals surface area contributed by atoms with Crippen LogP contribution in [0.25, 0.3) is 16.6 Å².